The molecule has 6 heteroatoms. The van der Waals surface area contributed by atoms with Crippen molar-refractivity contribution in [2.45, 2.75) is 25.5 Å². The van der Waals surface area contributed by atoms with E-state index in [4.69, 9.17) is 14.6 Å². The van der Waals surface area contributed by atoms with Crippen LogP contribution in [0, 0.1) is 0 Å². The largest absolute Gasteiger partial charge is 0.491 e. The second kappa shape index (κ2) is 9.19. The standard InChI is InChI=1S/C21H23NO5/c23-20(24)14-22(13-16-5-2-1-3-6-16)21(25)17-8-10-18(11-9-17)27-15-19-7-4-12-26-19/h1-3,5-6,8-11,19H,4,7,12-15H2,(H,23,24). The summed E-state index contributed by atoms with van der Waals surface area (Å²) in [5.41, 5.74) is 1.31. The summed E-state index contributed by atoms with van der Waals surface area (Å²) in [5, 5.41) is 9.15. The van der Waals surface area contributed by atoms with Gasteiger partial charge in [0, 0.05) is 18.7 Å². The molecule has 2 aromatic carbocycles. The lowest BCUT2D eigenvalue weighted by Crippen LogP contribution is -2.35. The Bertz CT molecular complexity index is 754. The summed E-state index contributed by atoms with van der Waals surface area (Å²) in [6.07, 6.45) is 2.19. The van der Waals surface area contributed by atoms with Crippen LogP contribution >= 0.6 is 0 Å². The lowest BCUT2D eigenvalue weighted by molar-refractivity contribution is -0.137. The average Bonchev–Trinajstić information content (AvgIpc) is 3.20. The SMILES string of the molecule is O=C(O)CN(Cc1ccccc1)C(=O)c1ccc(OCC2CCCO2)cc1. The number of carbonyl (C=O) groups excluding carboxylic acids is 1. The van der Waals surface area contributed by atoms with Gasteiger partial charge in [-0.05, 0) is 42.7 Å². The maximum atomic E-state index is 12.8. The normalized spacial score (nSPS) is 16.1. The molecule has 1 saturated heterocycles. The maximum absolute atomic E-state index is 12.8. The summed E-state index contributed by atoms with van der Waals surface area (Å²) in [6.45, 7) is 1.16. The first-order valence-corrected chi connectivity index (χ1v) is 9.01. The third-order valence-corrected chi connectivity index (χ3v) is 4.39. The monoisotopic (exact) mass is 369 g/mol. The minimum atomic E-state index is -1.05. The number of hydrogen-bond donors (Lipinski definition) is 1. The molecule has 1 unspecified atom stereocenters. The van der Waals surface area contributed by atoms with Crippen molar-refractivity contribution >= 4 is 11.9 Å². The zero-order valence-corrected chi connectivity index (χ0v) is 15.0. The molecule has 0 spiro atoms. The molecule has 0 aliphatic carbocycles. The molecule has 1 fully saturated rings. The predicted octanol–water partition coefficient (Wildman–Crippen LogP) is 2.97. The molecule has 0 aromatic heterocycles. The van der Waals surface area contributed by atoms with Crippen LogP contribution in [0.2, 0.25) is 0 Å². The summed E-state index contributed by atoms with van der Waals surface area (Å²) in [5.74, 6) is -0.711. The Balaban J connectivity index is 1.64. The first-order valence-electron chi connectivity index (χ1n) is 9.01. The van der Waals surface area contributed by atoms with Crippen LogP contribution in [0.1, 0.15) is 28.8 Å². The van der Waals surface area contributed by atoms with Gasteiger partial charge < -0.3 is 19.5 Å². The molecule has 1 atom stereocenters. The van der Waals surface area contributed by atoms with Gasteiger partial charge in [-0.25, -0.2) is 0 Å². The Morgan fingerprint density at radius 2 is 1.85 bits per heavy atom. The predicted molar refractivity (Wildman–Crippen MR) is 99.7 cm³/mol. The highest BCUT2D eigenvalue weighted by atomic mass is 16.5. The number of carboxylic acid groups (broad SMARTS) is 1. The van der Waals surface area contributed by atoms with E-state index in [1.165, 1.54) is 4.90 Å². The molecular formula is C21H23NO5. The van der Waals surface area contributed by atoms with Gasteiger partial charge in [-0.15, -0.1) is 0 Å². The van der Waals surface area contributed by atoms with E-state index < -0.39 is 5.97 Å². The minimum Gasteiger partial charge on any atom is -0.491 e. The molecule has 6 nitrogen and oxygen atoms in total. The highest BCUT2D eigenvalue weighted by Gasteiger charge is 2.19. The van der Waals surface area contributed by atoms with E-state index >= 15 is 0 Å². The molecule has 1 amide bonds. The second-order valence-electron chi connectivity index (χ2n) is 6.51. The number of hydrogen-bond acceptors (Lipinski definition) is 4. The lowest BCUT2D eigenvalue weighted by atomic mass is 10.1. The first kappa shape index (κ1) is 18.9. The van der Waals surface area contributed by atoms with Crippen LogP contribution in [0.3, 0.4) is 0 Å². The van der Waals surface area contributed by atoms with E-state index in [0.717, 1.165) is 25.0 Å². The summed E-state index contributed by atoms with van der Waals surface area (Å²) < 4.78 is 11.2. The molecule has 0 bridgehead atoms. The number of benzene rings is 2. The van der Waals surface area contributed by atoms with Gasteiger partial charge in [0.25, 0.3) is 5.91 Å². The number of nitrogens with zero attached hydrogens (tertiary/aromatic N) is 1. The van der Waals surface area contributed by atoms with Crippen molar-refractivity contribution in [3.05, 3.63) is 65.7 Å². The highest BCUT2D eigenvalue weighted by Crippen LogP contribution is 2.18. The van der Waals surface area contributed by atoms with Gasteiger partial charge in [-0.2, -0.15) is 0 Å². The maximum Gasteiger partial charge on any atom is 0.323 e. The number of carbonyl (C=O) groups is 2. The van der Waals surface area contributed by atoms with Crippen molar-refractivity contribution in [2.24, 2.45) is 0 Å². The summed E-state index contributed by atoms with van der Waals surface area (Å²) in [4.78, 5) is 25.3. The van der Waals surface area contributed by atoms with Crippen LogP contribution in [0.15, 0.2) is 54.6 Å². The molecule has 3 rings (SSSR count). The van der Waals surface area contributed by atoms with E-state index in [-0.39, 0.29) is 25.1 Å². The molecule has 1 aliphatic rings. The van der Waals surface area contributed by atoms with Gasteiger partial charge in [0.2, 0.25) is 0 Å². The second-order valence-corrected chi connectivity index (χ2v) is 6.51. The van der Waals surface area contributed by atoms with Gasteiger partial charge in [0.05, 0.1) is 6.10 Å². The third-order valence-electron chi connectivity index (χ3n) is 4.39. The smallest absolute Gasteiger partial charge is 0.323 e. The number of ether oxygens (including phenoxy) is 2. The molecule has 142 valence electrons. The fourth-order valence-electron chi connectivity index (χ4n) is 3.01. The van der Waals surface area contributed by atoms with E-state index in [9.17, 15) is 9.59 Å². The number of aliphatic carboxylic acids is 1. The van der Waals surface area contributed by atoms with Crippen molar-refractivity contribution in [3.63, 3.8) is 0 Å². The van der Waals surface area contributed by atoms with Crippen molar-refractivity contribution in [1.82, 2.24) is 4.90 Å². The van der Waals surface area contributed by atoms with Gasteiger partial charge in [0.15, 0.2) is 0 Å². The van der Waals surface area contributed by atoms with E-state index in [1.54, 1.807) is 24.3 Å². The van der Waals surface area contributed by atoms with Crippen LogP contribution in [0.25, 0.3) is 0 Å². The van der Waals surface area contributed by atoms with Crippen molar-refractivity contribution < 1.29 is 24.2 Å². The molecule has 0 saturated carbocycles. The van der Waals surface area contributed by atoms with Crippen molar-refractivity contribution in [1.29, 1.82) is 0 Å². The van der Waals surface area contributed by atoms with Crippen LogP contribution in [-0.4, -0.2) is 47.7 Å². The molecule has 27 heavy (non-hydrogen) atoms. The van der Waals surface area contributed by atoms with Crippen molar-refractivity contribution in [3.8, 4) is 5.75 Å². The van der Waals surface area contributed by atoms with E-state index in [1.807, 2.05) is 30.3 Å². The molecule has 1 aliphatic heterocycles. The quantitative estimate of drug-likeness (QED) is 0.774. The van der Waals surface area contributed by atoms with Crippen LogP contribution in [0.4, 0.5) is 0 Å². The third kappa shape index (κ3) is 5.56. The fraction of sp³-hybridized carbons (Fsp3) is 0.333. The molecule has 2 aromatic rings. The lowest BCUT2D eigenvalue weighted by Gasteiger charge is -2.21. The van der Waals surface area contributed by atoms with Crippen LogP contribution < -0.4 is 4.74 Å². The van der Waals surface area contributed by atoms with Gasteiger partial charge in [-0.1, -0.05) is 30.3 Å². The fourth-order valence-corrected chi connectivity index (χ4v) is 3.01. The van der Waals surface area contributed by atoms with Crippen LogP contribution in [0.5, 0.6) is 5.75 Å². The van der Waals surface area contributed by atoms with E-state index in [0.29, 0.717) is 17.9 Å². The number of amides is 1. The van der Waals surface area contributed by atoms with Crippen LogP contribution in [-0.2, 0) is 16.1 Å². The number of carboxylic acids is 1. The summed E-state index contributed by atoms with van der Waals surface area (Å²) in [7, 11) is 0. The molecule has 1 heterocycles. The summed E-state index contributed by atoms with van der Waals surface area (Å²) >= 11 is 0. The minimum absolute atomic E-state index is 0.128. The topological polar surface area (TPSA) is 76.1 Å². The zero-order chi connectivity index (χ0) is 19.1. The van der Waals surface area contributed by atoms with Crippen molar-refractivity contribution in [2.75, 3.05) is 19.8 Å². The first-order chi connectivity index (χ1) is 13.1. The Morgan fingerprint density at radius 1 is 1.11 bits per heavy atom. The molecule has 0 radical (unpaired) electrons. The summed E-state index contributed by atoms with van der Waals surface area (Å²) in [6, 6.07) is 16.1. The Kier molecular flexibility index (Phi) is 6.44. The molecular weight excluding hydrogens is 346 g/mol. The van der Waals surface area contributed by atoms with Gasteiger partial charge in [-0.3, -0.25) is 9.59 Å². The number of rotatable bonds is 8. The Labute approximate surface area is 158 Å². The van der Waals surface area contributed by atoms with E-state index in [2.05, 4.69) is 0 Å². The van der Waals surface area contributed by atoms with Gasteiger partial charge >= 0.3 is 5.97 Å². The highest BCUT2D eigenvalue weighted by molar-refractivity contribution is 5.95. The Hall–Kier alpha value is -2.86. The van der Waals surface area contributed by atoms with Gasteiger partial charge in [0.1, 0.15) is 18.9 Å². The average molecular weight is 369 g/mol. The zero-order valence-electron chi connectivity index (χ0n) is 15.0. The molecule has 1 N–H and O–H groups in total. The Morgan fingerprint density at radius 3 is 2.48 bits per heavy atom.